The van der Waals surface area contributed by atoms with Crippen LogP contribution in [0.3, 0.4) is 0 Å². The van der Waals surface area contributed by atoms with Gasteiger partial charge in [0.25, 0.3) is 5.91 Å². The number of anilines is 1. The first-order valence-electron chi connectivity index (χ1n) is 12.9. The van der Waals surface area contributed by atoms with Crippen molar-refractivity contribution >= 4 is 17.1 Å². The molecule has 1 fully saturated rings. The smallest absolute Gasteiger partial charge is 0.417 e. The summed E-state index contributed by atoms with van der Waals surface area (Å²) in [7, 11) is 2.10. The van der Waals surface area contributed by atoms with Crippen LogP contribution in [0.2, 0.25) is 0 Å². The number of piperazine rings is 1. The molecule has 0 aliphatic carbocycles. The lowest BCUT2D eigenvalue weighted by atomic mass is 10.1. The fourth-order valence-electron chi connectivity index (χ4n) is 4.57. The molecule has 2 aromatic carbocycles. The maximum Gasteiger partial charge on any atom is 0.417 e. The Labute approximate surface area is 233 Å². The van der Waals surface area contributed by atoms with Crippen molar-refractivity contribution in [2.24, 2.45) is 0 Å². The summed E-state index contributed by atoms with van der Waals surface area (Å²) < 4.78 is 68.1. The third kappa shape index (κ3) is 6.41. The number of benzene rings is 2. The van der Waals surface area contributed by atoms with E-state index in [4.69, 9.17) is 9.47 Å². The van der Waals surface area contributed by atoms with Gasteiger partial charge in [-0.3, -0.25) is 9.69 Å². The second-order valence-corrected chi connectivity index (χ2v) is 9.71. The largest absolute Gasteiger partial charge is 0.490 e. The molecule has 3 heterocycles. The summed E-state index contributed by atoms with van der Waals surface area (Å²) in [6.07, 6.45) is -1.75. The highest BCUT2D eigenvalue weighted by molar-refractivity contribution is 6.05. The molecular formula is C28H28F4N6O3. The molecule has 216 valence electrons. The number of nitrogens with zero attached hydrogens (tertiary/aromatic N) is 5. The molecule has 1 N–H and O–H groups in total. The number of rotatable bonds is 8. The molecule has 0 radical (unpaired) electrons. The van der Waals surface area contributed by atoms with Crippen LogP contribution >= 0.6 is 0 Å². The number of ether oxygens (including phenoxy) is 2. The summed E-state index contributed by atoms with van der Waals surface area (Å²) in [4.78, 5) is 21.3. The molecule has 0 spiro atoms. The van der Waals surface area contributed by atoms with Gasteiger partial charge in [0.15, 0.2) is 11.6 Å². The number of alkyl halides is 3. The Balaban J connectivity index is 1.28. The molecule has 0 saturated carbocycles. The van der Waals surface area contributed by atoms with Gasteiger partial charge in [0.2, 0.25) is 5.88 Å². The fourth-order valence-corrected chi connectivity index (χ4v) is 4.57. The number of hydrogen-bond acceptors (Lipinski definition) is 7. The van der Waals surface area contributed by atoms with Gasteiger partial charge in [-0.1, -0.05) is 12.1 Å². The van der Waals surface area contributed by atoms with E-state index >= 15 is 0 Å². The molecule has 1 amide bonds. The van der Waals surface area contributed by atoms with E-state index in [1.807, 2.05) is 6.92 Å². The van der Waals surface area contributed by atoms with E-state index in [1.54, 1.807) is 6.20 Å². The molecule has 1 aliphatic rings. The lowest BCUT2D eigenvalue weighted by Gasteiger charge is -2.32. The van der Waals surface area contributed by atoms with E-state index in [-0.39, 0.29) is 17.3 Å². The van der Waals surface area contributed by atoms with Crippen molar-refractivity contribution in [3.8, 4) is 17.4 Å². The molecule has 2 aromatic heterocycles. The maximum atomic E-state index is 15.0. The van der Waals surface area contributed by atoms with Gasteiger partial charge in [0.05, 0.1) is 17.3 Å². The molecule has 41 heavy (non-hydrogen) atoms. The summed E-state index contributed by atoms with van der Waals surface area (Å²) in [6, 6.07) is 7.90. The van der Waals surface area contributed by atoms with Crippen molar-refractivity contribution in [2.45, 2.75) is 13.1 Å². The molecule has 1 aliphatic heterocycles. The van der Waals surface area contributed by atoms with Gasteiger partial charge < -0.3 is 19.7 Å². The molecule has 4 aromatic rings. The molecule has 9 nitrogen and oxygen atoms in total. The third-order valence-corrected chi connectivity index (χ3v) is 6.88. The second kappa shape index (κ2) is 11.7. The Morgan fingerprint density at radius 1 is 1.07 bits per heavy atom. The van der Waals surface area contributed by atoms with E-state index in [0.717, 1.165) is 50.9 Å². The Hall–Kier alpha value is -4.23. The van der Waals surface area contributed by atoms with Crippen molar-refractivity contribution in [1.82, 2.24) is 24.4 Å². The lowest BCUT2D eigenvalue weighted by Crippen LogP contribution is -2.45. The number of carbonyl (C=O) groups excluding carboxylic acids is 1. The summed E-state index contributed by atoms with van der Waals surface area (Å²) in [5, 5.41) is 6.51. The zero-order valence-corrected chi connectivity index (χ0v) is 22.4. The first kappa shape index (κ1) is 28.3. The molecule has 0 atom stereocenters. The van der Waals surface area contributed by atoms with Crippen molar-refractivity contribution in [3.63, 3.8) is 0 Å². The average Bonchev–Trinajstić information content (AvgIpc) is 3.26. The van der Waals surface area contributed by atoms with Gasteiger partial charge in [-0.15, -0.1) is 0 Å². The van der Waals surface area contributed by atoms with Gasteiger partial charge in [-0.2, -0.15) is 23.3 Å². The van der Waals surface area contributed by atoms with Gasteiger partial charge >= 0.3 is 6.18 Å². The van der Waals surface area contributed by atoms with Crippen LogP contribution in [0.25, 0.3) is 5.52 Å². The number of carbonyl (C=O) groups is 1. The molecule has 0 bridgehead atoms. The highest BCUT2D eigenvalue weighted by Crippen LogP contribution is 2.34. The quantitative estimate of drug-likeness (QED) is 0.302. The van der Waals surface area contributed by atoms with Gasteiger partial charge in [-0.25, -0.2) is 8.91 Å². The number of amides is 1. The van der Waals surface area contributed by atoms with E-state index in [2.05, 4.69) is 32.2 Å². The number of halogens is 4. The number of aryl methyl sites for hydroxylation is 1. The van der Waals surface area contributed by atoms with Crippen LogP contribution in [-0.4, -0.2) is 76.7 Å². The molecule has 5 rings (SSSR count). The number of aromatic nitrogens is 3. The molecular weight excluding hydrogens is 544 g/mol. The van der Waals surface area contributed by atoms with Crippen LogP contribution in [0.4, 0.5) is 23.2 Å². The molecule has 13 heteroatoms. The summed E-state index contributed by atoms with van der Waals surface area (Å²) in [5.74, 6) is -1.38. The van der Waals surface area contributed by atoms with Crippen LogP contribution in [0, 0.1) is 12.7 Å². The number of likely N-dealkylation sites (N-methyl/N-ethyl adjacent to an activating group) is 1. The third-order valence-electron chi connectivity index (χ3n) is 6.88. The van der Waals surface area contributed by atoms with E-state index in [0.29, 0.717) is 23.4 Å². The zero-order chi connectivity index (χ0) is 29.1. The Kier molecular flexibility index (Phi) is 8.08. The topological polar surface area (TPSA) is 84.2 Å². The fraction of sp³-hybridized carbons (Fsp3) is 0.321. The standard InChI is InChI=1S/C28H28F4N6O3/c1-18-24(40-14-13-37-11-9-36(2)10-12-37)16-38-25(18)27(33-17-34-38)41-23-8-7-19(15-22(23)29)35-26(39)20-5-3-4-6-21(20)28(30,31)32/h3-8,15-17H,9-14H2,1-2H3,(H,35,39). The summed E-state index contributed by atoms with van der Waals surface area (Å²) in [5.41, 5.74) is -0.501. The Morgan fingerprint density at radius 3 is 2.56 bits per heavy atom. The summed E-state index contributed by atoms with van der Waals surface area (Å²) >= 11 is 0. The SMILES string of the molecule is Cc1c(OCCN2CCN(C)CC2)cn2ncnc(Oc3ccc(NC(=O)c4ccccc4C(F)(F)F)cc3F)c12. The van der Waals surface area contributed by atoms with Crippen LogP contribution in [0.1, 0.15) is 21.5 Å². The minimum atomic E-state index is -4.72. The van der Waals surface area contributed by atoms with Crippen molar-refractivity contribution in [2.75, 3.05) is 51.7 Å². The van der Waals surface area contributed by atoms with Crippen LogP contribution < -0.4 is 14.8 Å². The average molecular weight is 573 g/mol. The van der Waals surface area contributed by atoms with Gasteiger partial charge in [-0.05, 0) is 38.2 Å². The first-order valence-corrected chi connectivity index (χ1v) is 12.9. The number of fused-ring (bicyclic) bond motifs is 1. The maximum absolute atomic E-state index is 15.0. The second-order valence-electron chi connectivity index (χ2n) is 9.71. The van der Waals surface area contributed by atoms with Crippen molar-refractivity contribution in [1.29, 1.82) is 0 Å². The van der Waals surface area contributed by atoms with Crippen molar-refractivity contribution in [3.05, 3.63) is 77.5 Å². The minimum Gasteiger partial charge on any atom is -0.490 e. The predicted octanol–water partition coefficient (Wildman–Crippen LogP) is 4.87. The van der Waals surface area contributed by atoms with Gasteiger partial charge in [0.1, 0.15) is 24.2 Å². The highest BCUT2D eigenvalue weighted by Gasteiger charge is 2.35. The van der Waals surface area contributed by atoms with E-state index in [1.165, 1.54) is 35.1 Å². The van der Waals surface area contributed by atoms with Crippen LogP contribution in [0.15, 0.2) is 55.0 Å². The molecule has 1 saturated heterocycles. The number of nitrogens with one attached hydrogen (secondary N) is 1. The van der Waals surface area contributed by atoms with Crippen LogP contribution in [-0.2, 0) is 6.18 Å². The van der Waals surface area contributed by atoms with Gasteiger partial charge in [0, 0.05) is 50.0 Å². The normalized spacial score (nSPS) is 14.8. The monoisotopic (exact) mass is 572 g/mol. The van der Waals surface area contributed by atoms with Crippen LogP contribution in [0.5, 0.6) is 17.4 Å². The molecule has 0 unspecified atom stereocenters. The Morgan fingerprint density at radius 2 is 1.83 bits per heavy atom. The highest BCUT2D eigenvalue weighted by atomic mass is 19.4. The van der Waals surface area contributed by atoms with Crippen molar-refractivity contribution < 1.29 is 31.8 Å². The van der Waals surface area contributed by atoms with E-state index in [9.17, 15) is 22.4 Å². The first-order chi connectivity index (χ1) is 19.6. The number of hydrogen-bond donors (Lipinski definition) is 1. The lowest BCUT2D eigenvalue weighted by molar-refractivity contribution is -0.137. The predicted molar refractivity (Wildman–Crippen MR) is 143 cm³/mol. The summed E-state index contributed by atoms with van der Waals surface area (Å²) in [6.45, 7) is 7.09. The zero-order valence-electron chi connectivity index (χ0n) is 22.4. The van der Waals surface area contributed by atoms with E-state index < -0.39 is 29.0 Å². The Bertz CT molecular complexity index is 1550. The minimum absolute atomic E-state index is 0.0421.